The molecule has 18 heavy (non-hydrogen) atoms. The Morgan fingerprint density at radius 3 is 2.22 bits per heavy atom. The SMILES string of the molecule is CCN(CC(CN)CC(C)C)c1ccc(C)cc1. The zero-order valence-electron chi connectivity index (χ0n) is 12.3. The minimum Gasteiger partial charge on any atom is -0.371 e. The highest BCUT2D eigenvalue weighted by Crippen LogP contribution is 2.19. The first-order valence-corrected chi connectivity index (χ1v) is 7.08. The van der Waals surface area contributed by atoms with Gasteiger partial charge in [0.05, 0.1) is 0 Å². The van der Waals surface area contributed by atoms with Gasteiger partial charge in [-0.1, -0.05) is 31.5 Å². The fourth-order valence-corrected chi connectivity index (χ4v) is 2.40. The quantitative estimate of drug-likeness (QED) is 0.801. The standard InChI is InChI=1S/C16H28N2/c1-5-18(12-15(11-17)10-13(2)3)16-8-6-14(4)7-9-16/h6-9,13,15H,5,10-12,17H2,1-4H3. The second-order valence-electron chi connectivity index (χ2n) is 5.61. The Labute approximate surface area is 112 Å². The van der Waals surface area contributed by atoms with E-state index in [2.05, 4.69) is 56.9 Å². The van der Waals surface area contributed by atoms with Crippen LogP contribution in [-0.4, -0.2) is 19.6 Å². The van der Waals surface area contributed by atoms with E-state index in [9.17, 15) is 0 Å². The summed E-state index contributed by atoms with van der Waals surface area (Å²) < 4.78 is 0. The summed E-state index contributed by atoms with van der Waals surface area (Å²) in [4.78, 5) is 2.43. The Morgan fingerprint density at radius 1 is 1.17 bits per heavy atom. The van der Waals surface area contributed by atoms with E-state index in [0.717, 1.165) is 25.6 Å². The average Bonchev–Trinajstić information content (AvgIpc) is 2.35. The van der Waals surface area contributed by atoms with Gasteiger partial charge in [-0.2, -0.15) is 0 Å². The van der Waals surface area contributed by atoms with Crippen molar-refractivity contribution in [3.63, 3.8) is 0 Å². The maximum absolute atomic E-state index is 5.90. The van der Waals surface area contributed by atoms with Crippen LogP contribution in [0.15, 0.2) is 24.3 Å². The molecule has 0 amide bonds. The monoisotopic (exact) mass is 248 g/mol. The zero-order chi connectivity index (χ0) is 13.5. The number of anilines is 1. The molecule has 1 atom stereocenters. The van der Waals surface area contributed by atoms with Crippen molar-refractivity contribution >= 4 is 5.69 Å². The van der Waals surface area contributed by atoms with Crippen LogP contribution >= 0.6 is 0 Å². The molecule has 0 radical (unpaired) electrons. The van der Waals surface area contributed by atoms with E-state index < -0.39 is 0 Å². The molecular formula is C16H28N2. The Balaban J connectivity index is 2.68. The number of hydrogen-bond acceptors (Lipinski definition) is 2. The molecule has 0 aromatic heterocycles. The summed E-state index contributed by atoms with van der Waals surface area (Å²) in [6.45, 7) is 11.8. The largest absolute Gasteiger partial charge is 0.371 e. The lowest BCUT2D eigenvalue weighted by molar-refractivity contribution is 0.415. The van der Waals surface area contributed by atoms with Gasteiger partial charge in [-0.25, -0.2) is 0 Å². The molecule has 2 nitrogen and oxygen atoms in total. The minimum absolute atomic E-state index is 0.589. The molecular weight excluding hydrogens is 220 g/mol. The van der Waals surface area contributed by atoms with Gasteiger partial charge in [0.25, 0.3) is 0 Å². The lowest BCUT2D eigenvalue weighted by atomic mass is 9.96. The molecule has 0 saturated carbocycles. The first kappa shape index (κ1) is 15.0. The van der Waals surface area contributed by atoms with Gasteiger partial charge in [0, 0.05) is 18.8 Å². The van der Waals surface area contributed by atoms with E-state index in [1.54, 1.807) is 0 Å². The summed E-state index contributed by atoms with van der Waals surface area (Å²) >= 11 is 0. The van der Waals surface area contributed by atoms with Crippen molar-refractivity contribution < 1.29 is 0 Å². The molecule has 0 fully saturated rings. The third-order valence-electron chi connectivity index (χ3n) is 3.40. The Hall–Kier alpha value is -1.02. The summed E-state index contributed by atoms with van der Waals surface area (Å²) in [5.41, 5.74) is 8.52. The van der Waals surface area contributed by atoms with Crippen LogP contribution in [0.4, 0.5) is 5.69 Å². The number of nitrogens with zero attached hydrogens (tertiary/aromatic N) is 1. The fourth-order valence-electron chi connectivity index (χ4n) is 2.40. The van der Waals surface area contributed by atoms with Gasteiger partial charge >= 0.3 is 0 Å². The Bertz CT molecular complexity index is 329. The molecule has 1 aromatic rings. The normalized spacial score (nSPS) is 12.8. The second kappa shape index (κ2) is 7.42. The number of rotatable bonds is 7. The van der Waals surface area contributed by atoms with E-state index in [1.807, 2.05) is 0 Å². The van der Waals surface area contributed by atoms with Crippen molar-refractivity contribution in [2.24, 2.45) is 17.6 Å². The summed E-state index contributed by atoms with van der Waals surface area (Å²) in [5, 5.41) is 0. The van der Waals surface area contributed by atoms with Crippen LogP contribution in [0.2, 0.25) is 0 Å². The maximum Gasteiger partial charge on any atom is 0.0366 e. The second-order valence-corrected chi connectivity index (χ2v) is 5.61. The van der Waals surface area contributed by atoms with Crippen molar-refractivity contribution in [1.82, 2.24) is 0 Å². The summed E-state index contributed by atoms with van der Waals surface area (Å²) in [7, 11) is 0. The topological polar surface area (TPSA) is 29.3 Å². The van der Waals surface area contributed by atoms with Crippen molar-refractivity contribution in [3.05, 3.63) is 29.8 Å². The third-order valence-corrected chi connectivity index (χ3v) is 3.40. The molecule has 0 aliphatic carbocycles. The van der Waals surface area contributed by atoms with Crippen LogP contribution in [-0.2, 0) is 0 Å². The molecule has 0 heterocycles. The Morgan fingerprint density at radius 2 is 1.78 bits per heavy atom. The van der Waals surface area contributed by atoms with Gasteiger partial charge in [0.2, 0.25) is 0 Å². The van der Waals surface area contributed by atoms with Gasteiger partial charge in [0.1, 0.15) is 0 Å². The number of nitrogens with two attached hydrogens (primary N) is 1. The zero-order valence-corrected chi connectivity index (χ0v) is 12.3. The highest BCUT2D eigenvalue weighted by Gasteiger charge is 2.13. The first-order chi connectivity index (χ1) is 8.56. The number of benzene rings is 1. The van der Waals surface area contributed by atoms with Crippen LogP contribution in [0.5, 0.6) is 0 Å². The molecule has 102 valence electrons. The van der Waals surface area contributed by atoms with E-state index in [-0.39, 0.29) is 0 Å². The highest BCUT2D eigenvalue weighted by atomic mass is 15.1. The highest BCUT2D eigenvalue weighted by molar-refractivity contribution is 5.47. The van der Waals surface area contributed by atoms with Gasteiger partial charge < -0.3 is 10.6 Å². The molecule has 0 bridgehead atoms. The van der Waals surface area contributed by atoms with Gasteiger partial charge in [-0.3, -0.25) is 0 Å². The van der Waals surface area contributed by atoms with Crippen LogP contribution in [0, 0.1) is 18.8 Å². The molecule has 1 aromatic carbocycles. The predicted molar refractivity (Wildman–Crippen MR) is 81.1 cm³/mol. The van der Waals surface area contributed by atoms with E-state index in [0.29, 0.717) is 5.92 Å². The number of hydrogen-bond donors (Lipinski definition) is 1. The van der Waals surface area contributed by atoms with E-state index >= 15 is 0 Å². The van der Waals surface area contributed by atoms with E-state index in [1.165, 1.54) is 17.7 Å². The smallest absolute Gasteiger partial charge is 0.0366 e. The van der Waals surface area contributed by atoms with Gasteiger partial charge in [-0.15, -0.1) is 0 Å². The van der Waals surface area contributed by atoms with Crippen LogP contribution < -0.4 is 10.6 Å². The lowest BCUT2D eigenvalue weighted by Crippen LogP contribution is -2.33. The molecule has 0 aliphatic heterocycles. The molecule has 1 rings (SSSR count). The van der Waals surface area contributed by atoms with Gasteiger partial charge in [0.15, 0.2) is 0 Å². The summed E-state index contributed by atoms with van der Waals surface area (Å²) in [6, 6.07) is 8.78. The molecule has 0 spiro atoms. The van der Waals surface area contributed by atoms with E-state index in [4.69, 9.17) is 5.73 Å². The molecule has 2 N–H and O–H groups in total. The van der Waals surface area contributed by atoms with Crippen LogP contribution in [0.1, 0.15) is 32.8 Å². The average molecular weight is 248 g/mol. The van der Waals surface area contributed by atoms with Crippen molar-refractivity contribution in [3.8, 4) is 0 Å². The minimum atomic E-state index is 0.589. The molecule has 1 unspecified atom stereocenters. The van der Waals surface area contributed by atoms with Crippen molar-refractivity contribution in [2.45, 2.75) is 34.1 Å². The molecule has 0 saturated heterocycles. The molecule has 2 heteroatoms. The predicted octanol–water partition coefficient (Wildman–Crippen LogP) is 3.44. The number of aryl methyl sites for hydroxylation is 1. The van der Waals surface area contributed by atoms with Crippen LogP contribution in [0.25, 0.3) is 0 Å². The third kappa shape index (κ3) is 4.69. The molecule has 0 aliphatic rings. The van der Waals surface area contributed by atoms with Crippen molar-refractivity contribution in [1.29, 1.82) is 0 Å². The van der Waals surface area contributed by atoms with Gasteiger partial charge in [-0.05, 0) is 50.8 Å². The lowest BCUT2D eigenvalue weighted by Gasteiger charge is -2.28. The summed E-state index contributed by atoms with van der Waals surface area (Å²) in [5.74, 6) is 1.31. The fraction of sp³-hybridized carbons (Fsp3) is 0.625. The van der Waals surface area contributed by atoms with Crippen LogP contribution in [0.3, 0.4) is 0 Å². The maximum atomic E-state index is 5.90. The van der Waals surface area contributed by atoms with Crippen molar-refractivity contribution in [2.75, 3.05) is 24.5 Å². The first-order valence-electron chi connectivity index (χ1n) is 7.08. The summed E-state index contributed by atoms with van der Waals surface area (Å²) in [6.07, 6.45) is 1.21. The Kier molecular flexibility index (Phi) is 6.20.